The van der Waals surface area contributed by atoms with Crippen molar-refractivity contribution in [2.45, 2.75) is 56.4 Å². The van der Waals surface area contributed by atoms with E-state index in [9.17, 15) is 15.3 Å². The van der Waals surface area contributed by atoms with E-state index in [4.69, 9.17) is 5.73 Å². The van der Waals surface area contributed by atoms with Gasteiger partial charge >= 0.3 is 0 Å². The molecule has 4 atom stereocenters. The molecule has 2 fully saturated rings. The number of imidazole rings is 1. The molecule has 0 unspecified atom stereocenters. The van der Waals surface area contributed by atoms with Crippen molar-refractivity contribution in [3.05, 3.63) is 6.33 Å². The Bertz CT molecular complexity index is 760. The number of hydrogen-bond acceptors (Lipinski definition) is 8. The van der Waals surface area contributed by atoms with E-state index < -0.39 is 18.2 Å². The molecule has 9 heteroatoms. The topological polar surface area (TPSA) is 142 Å². The summed E-state index contributed by atoms with van der Waals surface area (Å²) in [6, 6.07) is -0.0499. The van der Waals surface area contributed by atoms with E-state index in [1.54, 1.807) is 10.9 Å². The summed E-state index contributed by atoms with van der Waals surface area (Å²) >= 11 is 0. The summed E-state index contributed by atoms with van der Waals surface area (Å²) in [5.74, 6) is 0.383. The highest BCUT2D eigenvalue weighted by Crippen LogP contribution is 2.37. The molecule has 0 aliphatic heterocycles. The first-order valence-corrected chi connectivity index (χ1v) is 8.82. The number of aromatic nitrogens is 4. The average molecular weight is 348 g/mol. The maximum Gasteiger partial charge on any atom is 0.224 e. The van der Waals surface area contributed by atoms with Crippen LogP contribution < -0.4 is 11.1 Å². The van der Waals surface area contributed by atoms with Gasteiger partial charge in [-0.1, -0.05) is 12.8 Å². The fourth-order valence-electron chi connectivity index (χ4n) is 4.10. The Balaban J connectivity index is 1.70. The zero-order valence-electron chi connectivity index (χ0n) is 13.9. The molecular formula is C16H24N6O3. The fourth-order valence-corrected chi connectivity index (χ4v) is 4.10. The summed E-state index contributed by atoms with van der Waals surface area (Å²) in [7, 11) is 0. The fraction of sp³-hybridized carbons (Fsp3) is 0.688. The minimum absolute atomic E-state index is 0.140. The molecule has 0 spiro atoms. The molecule has 25 heavy (non-hydrogen) atoms. The summed E-state index contributed by atoms with van der Waals surface area (Å²) in [4.78, 5) is 13.0. The third-order valence-corrected chi connectivity index (χ3v) is 5.50. The highest BCUT2D eigenvalue weighted by molar-refractivity contribution is 5.84. The monoisotopic (exact) mass is 348 g/mol. The van der Waals surface area contributed by atoms with Crippen LogP contribution in [0.5, 0.6) is 0 Å². The number of rotatable bonds is 4. The second-order valence-electron chi connectivity index (χ2n) is 7.11. The molecule has 0 bridgehead atoms. The van der Waals surface area contributed by atoms with Gasteiger partial charge in [0, 0.05) is 18.6 Å². The second kappa shape index (κ2) is 6.40. The summed E-state index contributed by atoms with van der Waals surface area (Å²) in [5, 5.41) is 33.2. The lowest BCUT2D eigenvalue weighted by Gasteiger charge is -2.18. The maximum absolute atomic E-state index is 10.4. The van der Waals surface area contributed by atoms with Gasteiger partial charge in [-0.15, -0.1) is 0 Å². The molecule has 4 rings (SSSR count). The van der Waals surface area contributed by atoms with E-state index in [1.165, 1.54) is 12.8 Å². The number of hydrogen-bond donors (Lipinski definition) is 5. The molecule has 2 aromatic rings. The Kier molecular flexibility index (Phi) is 4.22. The summed E-state index contributed by atoms with van der Waals surface area (Å²) in [6.45, 7) is -0.174. The van der Waals surface area contributed by atoms with Crippen LogP contribution in [-0.4, -0.2) is 59.7 Å². The van der Waals surface area contributed by atoms with Crippen LogP contribution in [0, 0.1) is 5.92 Å². The quantitative estimate of drug-likeness (QED) is 0.521. The van der Waals surface area contributed by atoms with Gasteiger partial charge in [-0.25, -0.2) is 4.98 Å². The molecule has 0 amide bonds. The molecule has 136 valence electrons. The molecule has 2 aromatic heterocycles. The van der Waals surface area contributed by atoms with Gasteiger partial charge in [0.15, 0.2) is 17.0 Å². The van der Waals surface area contributed by atoms with Crippen molar-refractivity contribution >= 4 is 22.9 Å². The van der Waals surface area contributed by atoms with Crippen molar-refractivity contribution in [3.63, 3.8) is 0 Å². The van der Waals surface area contributed by atoms with Crippen molar-refractivity contribution in [1.29, 1.82) is 0 Å². The zero-order valence-corrected chi connectivity index (χ0v) is 13.9. The number of aliphatic hydroxyl groups is 3. The van der Waals surface area contributed by atoms with Crippen LogP contribution >= 0.6 is 0 Å². The number of fused-ring (bicyclic) bond motifs is 1. The smallest absolute Gasteiger partial charge is 0.224 e. The van der Waals surface area contributed by atoms with Gasteiger partial charge in [0.1, 0.15) is 6.10 Å². The van der Waals surface area contributed by atoms with Crippen molar-refractivity contribution in [2.24, 2.45) is 5.92 Å². The Morgan fingerprint density at radius 1 is 1.20 bits per heavy atom. The molecule has 0 aromatic carbocycles. The number of aliphatic hydroxyl groups excluding tert-OH is 3. The number of nitrogens with zero attached hydrogens (tertiary/aromatic N) is 4. The van der Waals surface area contributed by atoms with E-state index >= 15 is 0 Å². The van der Waals surface area contributed by atoms with Crippen molar-refractivity contribution in [3.8, 4) is 0 Å². The number of nitrogens with two attached hydrogens (primary N) is 1. The lowest BCUT2D eigenvalue weighted by molar-refractivity contribution is -0.00370. The standard InChI is InChI=1S/C16H24N6O3/c17-16-20-14(19-9-3-1-2-4-9)11-15(21-16)22(7-18-11)10-5-8(6-23)12(24)13(10)25/h7-10,12-13,23-25H,1-6H2,(H3,17,19,20,21)/t8-,10-,12-,13+/m1/s1. The molecule has 9 nitrogen and oxygen atoms in total. The van der Waals surface area contributed by atoms with Gasteiger partial charge in [-0.05, 0) is 19.3 Å². The zero-order chi connectivity index (χ0) is 17.6. The van der Waals surface area contributed by atoms with Crippen LogP contribution in [0.3, 0.4) is 0 Å². The first-order valence-electron chi connectivity index (χ1n) is 8.82. The van der Waals surface area contributed by atoms with Gasteiger partial charge in [-0.2, -0.15) is 9.97 Å². The summed E-state index contributed by atoms with van der Waals surface area (Å²) < 4.78 is 1.73. The first-order chi connectivity index (χ1) is 12.1. The van der Waals surface area contributed by atoms with E-state index in [-0.39, 0.29) is 18.5 Å². The summed E-state index contributed by atoms with van der Waals surface area (Å²) in [5.41, 5.74) is 7.02. The minimum atomic E-state index is -0.989. The predicted molar refractivity (Wildman–Crippen MR) is 91.9 cm³/mol. The molecule has 2 aliphatic rings. The molecule has 2 heterocycles. The number of nitrogens with one attached hydrogen (secondary N) is 1. The van der Waals surface area contributed by atoms with Gasteiger partial charge in [0.05, 0.1) is 18.5 Å². The Morgan fingerprint density at radius 2 is 1.96 bits per heavy atom. The van der Waals surface area contributed by atoms with Gasteiger partial charge in [0.2, 0.25) is 5.95 Å². The summed E-state index contributed by atoms with van der Waals surface area (Å²) in [6.07, 6.45) is 4.67. The highest BCUT2D eigenvalue weighted by Gasteiger charge is 2.42. The third-order valence-electron chi connectivity index (χ3n) is 5.50. The van der Waals surface area contributed by atoms with E-state index in [2.05, 4.69) is 20.3 Å². The second-order valence-corrected chi connectivity index (χ2v) is 7.11. The lowest BCUT2D eigenvalue weighted by Crippen LogP contribution is -2.30. The highest BCUT2D eigenvalue weighted by atomic mass is 16.3. The van der Waals surface area contributed by atoms with Crippen LogP contribution in [0.2, 0.25) is 0 Å². The first kappa shape index (κ1) is 16.5. The normalized spacial score (nSPS) is 30.4. The minimum Gasteiger partial charge on any atom is -0.396 e. The van der Waals surface area contributed by atoms with Crippen molar-refractivity contribution < 1.29 is 15.3 Å². The molecule has 6 N–H and O–H groups in total. The Morgan fingerprint density at radius 3 is 2.64 bits per heavy atom. The molecule has 0 saturated heterocycles. The molecule has 2 saturated carbocycles. The number of anilines is 2. The third kappa shape index (κ3) is 2.82. The Hall–Kier alpha value is -1.97. The lowest BCUT2D eigenvalue weighted by atomic mass is 10.1. The van der Waals surface area contributed by atoms with Gasteiger partial charge in [-0.3, -0.25) is 0 Å². The van der Waals surface area contributed by atoms with Crippen LogP contribution in [0.4, 0.5) is 11.8 Å². The molecule has 0 radical (unpaired) electrons. The Labute approximate surface area is 144 Å². The van der Waals surface area contributed by atoms with Gasteiger partial charge in [0.25, 0.3) is 0 Å². The maximum atomic E-state index is 10.4. The predicted octanol–water partition coefficient (Wildman–Crippen LogP) is 0.0381. The van der Waals surface area contributed by atoms with Crippen LogP contribution in [0.1, 0.15) is 38.1 Å². The van der Waals surface area contributed by atoms with Crippen LogP contribution in [-0.2, 0) is 0 Å². The van der Waals surface area contributed by atoms with Gasteiger partial charge < -0.3 is 30.9 Å². The average Bonchev–Trinajstić information content (AvgIpc) is 3.29. The van der Waals surface area contributed by atoms with Crippen molar-refractivity contribution in [1.82, 2.24) is 19.5 Å². The van der Waals surface area contributed by atoms with E-state index in [1.807, 2.05) is 0 Å². The molecular weight excluding hydrogens is 324 g/mol. The largest absolute Gasteiger partial charge is 0.396 e. The van der Waals surface area contributed by atoms with E-state index in [0.717, 1.165) is 12.8 Å². The number of nitrogen functional groups attached to an aromatic ring is 1. The van der Waals surface area contributed by atoms with Crippen LogP contribution in [0.25, 0.3) is 11.2 Å². The SMILES string of the molecule is Nc1nc(NC2CCCC2)c2ncn([C@@H]3C[C@H](CO)[C@@H](O)[C@H]3O)c2n1. The van der Waals surface area contributed by atoms with Crippen molar-refractivity contribution in [2.75, 3.05) is 17.7 Å². The molecule has 2 aliphatic carbocycles. The van der Waals surface area contributed by atoms with E-state index in [0.29, 0.717) is 29.4 Å². The van der Waals surface area contributed by atoms with Crippen LogP contribution in [0.15, 0.2) is 6.33 Å².